The van der Waals surface area contributed by atoms with Gasteiger partial charge in [-0.1, -0.05) is 35.8 Å². The van der Waals surface area contributed by atoms with Crippen LogP contribution in [0.3, 0.4) is 0 Å². The topological polar surface area (TPSA) is 29.3 Å². The van der Waals surface area contributed by atoms with Crippen molar-refractivity contribution in [3.8, 4) is 0 Å². The van der Waals surface area contributed by atoms with Crippen LogP contribution in [0.1, 0.15) is 32.3 Å². The lowest BCUT2D eigenvalue weighted by atomic mass is 9.86. The average molecular weight is 311 g/mol. The molecular weight excluding hydrogens is 288 g/mol. The SMILES string of the molecule is CC(C)C1CCN(c2ccc(CN)c(Br)c2)CC1. The van der Waals surface area contributed by atoms with E-state index in [0.717, 1.165) is 16.3 Å². The lowest BCUT2D eigenvalue weighted by Gasteiger charge is -2.35. The minimum Gasteiger partial charge on any atom is -0.371 e. The monoisotopic (exact) mass is 310 g/mol. The summed E-state index contributed by atoms with van der Waals surface area (Å²) in [5.41, 5.74) is 8.18. The van der Waals surface area contributed by atoms with Crippen molar-refractivity contribution in [2.75, 3.05) is 18.0 Å². The van der Waals surface area contributed by atoms with E-state index in [1.54, 1.807) is 0 Å². The Labute approximate surface area is 119 Å². The first-order chi connectivity index (χ1) is 8.61. The third-order valence-corrected chi connectivity index (χ3v) is 4.84. The Hall–Kier alpha value is -0.540. The van der Waals surface area contributed by atoms with Gasteiger partial charge in [0, 0.05) is 29.8 Å². The number of piperidine rings is 1. The van der Waals surface area contributed by atoms with E-state index in [1.165, 1.54) is 37.2 Å². The Morgan fingerprint density at radius 2 is 2.00 bits per heavy atom. The van der Waals surface area contributed by atoms with E-state index < -0.39 is 0 Å². The van der Waals surface area contributed by atoms with Crippen molar-refractivity contribution in [3.63, 3.8) is 0 Å². The van der Waals surface area contributed by atoms with E-state index in [0.29, 0.717) is 6.54 Å². The highest BCUT2D eigenvalue weighted by Gasteiger charge is 2.21. The van der Waals surface area contributed by atoms with Gasteiger partial charge in [0.25, 0.3) is 0 Å². The molecule has 0 aliphatic carbocycles. The van der Waals surface area contributed by atoms with Gasteiger partial charge in [-0.05, 0) is 42.4 Å². The summed E-state index contributed by atoms with van der Waals surface area (Å²) < 4.78 is 1.13. The van der Waals surface area contributed by atoms with Crippen molar-refractivity contribution in [2.45, 2.75) is 33.2 Å². The molecule has 0 bridgehead atoms. The average Bonchev–Trinajstić information content (AvgIpc) is 2.38. The van der Waals surface area contributed by atoms with Crippen molar-refractivity contribution in [2.24, 2.45) is 17.6 Å². The molecule has 1 fully saturated rings. The van der Waals surface area contributed by atoms with Gasteiger partial charge in [0.2, 0.25) is 0 Å². The van der Waals surface area contributed by atoms with Crippen molar-refractivity contribution >= 4 is 21.6 Å². The van der Waals surface area contributed by atoms with Crippen molar-refractivity contribution in [1.29, 1.82) is 0 Å². The molecule has 1 saturated heterocycles. The van der Waals surface area contributed by atoms with Crippen LogP contribution in [0.4, 0.5) is 5.69 Å². The van der Waals surface area contributed by atoms with Gasteiger partial charge in [-0.2, -0.15) is 0 Å². The van der Waals surface area contributed by atoms with Crippen LogP contribution >= 0.6 is 15.9 Å². The van der Waals surface area contributed by atoms with Crippen LogP contribution in [0.25, 0.3) is 0 Å². The Bertz CT molecular complexity index is 395. The molecule has 0 saturated carbocycles. The molecule has 2 rings (SSSR count). The summed E-state index contributed by atoms with van der Waals surface area (Å²) in [6, 6.07) is 6.54. The largest absolute Gasteiger partial charge is 0.371 e. The van der Waals surface area contributed by atoms with Crippen molar-refractivity contribution in [3.05, 3.63) is 28.2 Å². The van der Waals surface area contributed by atoms with E-state index in [4.69, 9.17) is 5.73 Å². The lowest BCUT2D eigenvalue weighted by Crippen LogP contribution is -2.35. The number of hydrogen-bond donors (Lipinski definition) is 1. The molecule has 2 nitrogen and oxygen atoms in total. The molecular formula is C15H23BrN2. The molecule has 0 unspecified atom stereocenters. The molecule has 0 amide bonds. The maximum Gasteiger partial charge on any atom is 0.0377 e. The zero-order valence-corrected chi connectivity index (χ0v) is 12.9. The molecule has 1 aromatic carbocycles. The number of nitrogens with zero attached hydrogens (tertiary/aromatic N) is 1. The Kier molecular flexibility index (Phi) is 4.68. The van der Waals surface area contributed by atoms with Crippen LogP contribution in [-0.2, 0) is 6.54 Å². The first-order valence-corrected chi connectivity index (χ1v) is 7.64. The predicted octanol–water partition coefficient (Wildman–Crippen LogP) is 3.78. The molecule has 1 aliphatic rings. The number of rotatable bonds is 3. The highest BCUT2D eigenvalue weighted by Crippen LogP contribution is 2.30. The fourth-order valence-corrected chi connectivity index (χ4v) is 3.25. The van der Waals surface area contributed by atoms with Gasteiger partial charge in [0.1, 0.15) is 0 Å². The number of benzene rings is 1. The molecule has 3 heteroatoms. The van der Waals surface area contributed by atoms with Gasteiger partial charge >= 0.3 is 0 Å². The van der Waals surface area contributed by atoms with Gasteiger partial charge in [-0.25, -0.2) is 0 Å². The third-order valence-electron chi connectivity index (χ3n) is 4.10. The molecule has 1 aromatic rings. The molecule has 100 valence electrons. The maximum absolute atomic E-state index is 5.69. The Morgan fingerprint density at radius 1 is 1.33 bits per heavy atom. The summed E-state index contributed by atoms with van der Waals surface area (Å²) in [5.74, 6) is 1.71. The van der Waals surface area contributed by atoms with E-state index >= 15 is 0 Å². The van der Waals surface area contributed by atoms with Crippen LogP contribution in [0.2, 0.25) is 0 Å². The predicted molar refractivity (Wildman–Crippen MR) is 81.8 cm³/mol. The highest BCUT2D eigenvalue weighted by molar-refractivity contribution is 9.10. The number of nitrogens with two attached hydrogens (primary N) is 1. The lowest BCUT2D eigenvalue weighted by molar-refractivity contribution is 0.311. The second-order valence-corrected chi connectivity index (χ2v) is 6.40. The quantitative estimate of drug-likeness (QED) is 0.920. The van der Waals surface area contributed by atoms with Crippen LogP contribution in [-0.4, -0.2) is 13.1 Å². The Morgan fingerprint density at radius 3 is 2.50 bits per heavy atom. The second kappa shape index (κ2) is 6.07. The first kappa shape index (κ1) is 13.9. The van der Waals surface area contributed by atoms with Gasteiger partial charge < -0.3 is 10.6 Å². The van der Waals surface area contributed by atoms with Crippen LogP contribution < -0.4 is 10.6 Å². The third kappa shape index (κ3) is 3.07. The normalized spacial score (nSPS) is 17.5. The number of hydrogen-bond acceptors (Lipinski definition) is 2. The fourth-order valence-electron chi connectivity index (χ4n) is 2.72. The molecule has 1 aliphatic heterocycles. The van der Waals surface area contributed by atoms with E-state index in [2.05, 4.69) is 52.9 Å². The molecule has 1 heterocycles. The summed E-state index contributed by atoms with van der Waals surface area (Å²) in [6.07, 6.45) is 2.63. The zero-order chi connectivity index (χ0) is 13.1. The van der Waals surface area contributed by atoms with Crippen molar-refractivity contribution in [1.82, 2.24) is 0 Å². The van der Waals surface area contributed by atoms with Crippen LogP contribution in [0, 0.1) is 11.8 Å². The minimum absolute atomic E-state index is 0.594. The van der Waals surface area contributed by atoms with Gasteiger partial charge in [-0.3, -0.25) is 0 Å². The number of halogens is 1. The zero-order valence-electron chi connectivity index (χ0n) is 11.3. The standard InChI is InChI=1S/C15H23BrN2/c1-11(2)12-5-7-18(8-6-12)14-4-3-13(10-17)15(16)9-14/h3-4,9,11-12H,5-8,10,17H2,1-2H3. The number of anilines is 1. The molecule has 0 atom stereocenters. The summed E-state index contributed by atoms with van der Waals surface area (Å²) >= 11 is 3.60. The van der Waals surface area contributed by atoms with E-state index in [1.807, 2.05) is 0 Å². The molecule has 2 N–H and O–H groups in total. The second-order valence-electron chi connectivity index (χ2n) is 5.55. The molecule has 0 radical (unpaired) electrons. The smallest absolute Gasteiger partial charge is 0.0377 e. The fraction of sp³-hybridized carbons (Fsp3) is 0.600. The summed E-state index contributed by atoms with van der Waals surface area (Å²) in [6.45, 7) is 7.63. The summed E-state index contributed by atoms with van der Waals surface area (Å²) in [5, 5.41) is 0. The molecule has 18 heavy (non-hydrogen) atoms. The minimum atomic E-state index is 0.594. The first-order valence-electron chi connectivity index (χ1n) is 6.85. The van der Waals surface area contributed by atoms with E-state index in [-0.39, 0.29) is 0 Å². The van der Waals surface area contributed by atoms with Crippen molar-refractivity contribution < 1.29 is 0 Å². The van der Waals surface area contributed by atoms with Crippen LogP contribution in [0.5, 0.6) is 0 Å². The maximum atomic E-state index is 5.69. The molecule has 0 aromatic heterocycles. The van der Waals surface area contributed by atoms with Crippen LogP contribution in [0.15, 0.2) is 22.7 Å². The van der Waals surface area contributed by atoms with Gasteiger partial charge in [-0.15, -0.1) is 0 Å². The highest BCUT2D eigenvalue weighted by atomic mass is 79.9. The van der Waals surface area contributed by atoms with Gasteiger partial charge in [0.05, 0.1) is 0 Å². The summed E-state index contributed by atoms with van der Waals surface area (Å²) in [7, 11) is 0. The van der Waals surface area contributed by atoms with E-state index in [9.17, 15) is 0 Å². The molecule has 0 spiro atoms. The Balaban J connectivity index is 2.03. The van der Waals surface area contributed by atoms with Gasteiger partial charge in [0.15, 0.2) is 0 Å². The summed E-state index contributed by atoms with van der Waals surface area (Å²) in [4.78, 5) is 2.49.